The maximum atomic E-state index is 11.3. The van der Waals surface area contributed by atoms with E-state index in [-0.39, 0.29) is 17.9 Å². The molecule has 0 fully saturated rings. The number of rotatable bonds is 7. The first-order valence-corrected chi connectivity index (χ1v) is 7.35. The molecule has 0 saturated heterocycles. The molecule has 2 atom stereocenters. The number of nitrogens with zero attached hydrogens (tertiary/aromatic N) is 2. The monoisotopic (exact) mass is 304 g/mol. The largest absolute Gasteiger partial charge is 0.383 e. The summed E-state index contributed by atoms with van der Waals surface area (Å²) >= 11 is 0. The SMILES string of the molecule is CCCC(O)C(=O)N(C)C.CCCC(OC)C(=O)N(C)C. The average Bonchev–Trinajstić information content (AvgIpc) is 2.43. The summed E-state index contributed by atoms with van der Waals surface area (Å²) in [6.45, 7) is 3.97. The number of carbonyl (C=O) groups is 2. The van der Waals surface area contributed by atoms with Crippen LogP contribution in [0.5, 0.6) is 0 Å². The molecule has 0 aliphatic heterocycles. The molecule has 0 heterocycles. The highest BCUT2D eigenvalue weighted by molar-refractivity contribution is 5.80. The van der Waals surface area contributed by atoms with E-state index in [1.807, 2.05) is 13.8 Å². The fraction of sp³-hybridized carbons (Fsp3) is 0.867. The Hall–Kier alpha value is -1.14. The predicted molar refractivity (Wildman–Crippen MR) is 84.0 cm³/mol. The van der Waals surface area contributed by atoms with Gasteiger partial charge in [0.2, 0.25) is 0 Å². The highest BCUT2D eigenvalue weighted by atomic mass is 16.5. The molecule has 2 amide bonds. The summed E-state index contributed by atoms with van der Waals surface area (Å²) in [6.07, 6.45) is 2.10. The van der Waals surface area contributed by atoms with E-state index in [1.54, 1.807) is 40.2 Å². The first kappa shape index (κ1) is 22.1. The van der Waals surface area contributed by atoms with Crippen molar-refractivity contribution < 1.29 is 19.4 Å². The molecular formula is C15H32N2O4. The molecule has 126 valence electrons. The first-order valence-electron chi connectivity index (χ1n) is 7.35. The number of aliphatic hydroxyl groups excluding tert-OH is 1. The second-order valence-electron chi connectivity index (χ2n) is 5.28. The number of carbonyl (C=O) groups excluding carboxylic acids is 2. The summed E-state index contributed by atoms with van der Waals surface area (Å²) in [5.74, 6) is -0.156. The molecule has 0 aliphatic carbocycles. The third-order valence-corrected chi connectivity index (χ3v) is 2.84. The van der Waals surface area contributed by atoms with Gasteiger partial charge >= 0.3 is 0 Å². The Kier molecular flexibility index (Phi) is 13.3. The van der Waals surface area contributed by atoms with E-state index in [1.165, 1.54) is 4.90 Å². The molecule has 1 N–H and O–H groups in total. The van der Waals surface area contributed by atoms with Crippen LogP contribution in [0.4, 0.5) is 0 Å². The lowest BCUT2D eigenvalue weighted by Crippen LogP contribution is -2.34. The van der Waals surface area contributed by atoms with Gasteiger partial charge in [0.1, 0.15) is 12.2 Å². The molecule has 0 rings (SSSR count). The second-order valence-corrected chi connectivity index (χ2v) is 5.28. The van der Waals surface area contributed by atoms with E-state index < -0.39 is 6.10 Å². The lowest BCUT2D eigenvalue weighted by atomic mass is 10.2. The van der Waals surface area contributed by atoms with Crippen molar-refractivity contribution in [2.45, 2.75) is 51.7 Å². The molecule has 2 unspecified atom stereocenters. The summed E-state index contributed by atoms with van der Waals surface area (Å²) in [6, 6.07) is 0. The predicted octanol–water partition coefficient (Wildman–Crippen LogP) is 1.13. The van der Waals surface area contributed by atoms with E-state index in [4.69, 9.17) is 9.84 Å². The molecule has 0 aliphatic rings. The molecule has 0 spiro atoms. The standard InChI is InChI=1S/C8H17NO2.C7H15NO2/c1-5-6-7(11-4)8(10)9(2)3;1-4-5-6(9)7(10)8(2)3/h7H,5-6H2,1-4H3;6,9H,4-5H2,1-3H3. The molecule has 6 nitrogen and oxygen atoms in total. The van der Waals surface area contributed by atoms with Crippen molar-refractivity contribution in [3.8, 4) is 0 Å². The van der Waals surface area contributed by atoms with Gasteiger partial charge in [-0.05, 0) is 12.8 Å². The maximum absolute atomic E-state index is 11.3. The van der Waals surface area contributed by atoms with Crippen LogP contribution in [0.15, 0.2) is 0 Å². The fourth-order valence-corrected chi connectivity index (χ4v) is 1.59. The van der Waals surface area contributed by atoms with Crippen LogP contribution < -0.4 is 0 Å². The highest BCUT2D eigenvalue weighted by Crippen LogP contribution is 2.03. The summed E-state index contributed by atoms with van der Waals surface area (Å²) in [7, 11) is 8.33. The van der Waals surface area contributed by atoms with Gasteiger partial charge in [0.15, 0.2) is 0 Å². The number of amides is 2. The second kappa shape index (κ2) is 12.6. The topological polar surface area (TPSA) is 70.1 Å². The molecule has 0 radical (unpaired) electrons. The van der Waals surface area contributed by atoms with Crippen molar-refractivity contribution in [2.24, 2.45) is 0 Å². The van der Waals surface area contributed by atoms with Gasteiger partial charge in [0.05, 0.1) is 0 Å². The van der Waals surface area contributed by atoms with Crippen LogP contribution in [-0.4, -0.2) is 74.2 Å². The van der Waals surface area contributed by atoms with Gasteiger partial charge in [-0.25, -0.2) is 0 Å². The zero-order valence-electron chi connectivity index (χ0n) is 14.5. The number of hydrogen-bond acceptors (Lipinski definition) is 4. The van der Waals surface area contributed by atoms with E-state index in [2.05, 4.69) is 0 Å². The van der Waals surface area contributed by atoms with Crippen LogP contribution in [-0.2, 0) is 14.3 Å². The Morgan fingerprint density at radius 2 is 1.38 bits per heavy atom. The molecule has 0 saturated carbocycles. The third-order valence-electron chi connectivity index (χ3n) is 2.84. The fourth-order valence-electron chi connectivity index (χ4n) is 1.59. The smallest absolute Gasteiger partial charge is 0.251 e. The molecule has 0 bridgehead atoms. The zero-order valence-corrected chi connectivity index (χ0v) is 14.5. The van der Waals surface area contributed by atoms with Crippen molar-refractivity contribution in [3.63, 3.8) is 0 Å². The lowest BCUT2D eigenvalue weighted by molar-refractivity contribution is -0.139. The molecule has 21 heavy (non-hydrogen) atoms. The highest BCUT2D eigenvalue weighted by Gasteiger charge is 2.17. The summed E-state index contributed by atoms with van der Waals surface area (Å²) in [5, 5.41) is 9.10. The summed E-state index contributed by atoms with van der Waals surface area (Å²) in [5.41, 5.74) is 0. The molecule has 6 heteroatoms. The van der Waals surface area contributed by atoms with E-state index in [0.29, 0.717) is 6.42 Å². The average molecular weight is 304 g/mol. The minimum absolute atomic E-state index is 0.0503. The van der Waals surface area contributed by atoms with Crippen molar-refractivity contribution in [1.82, 2.24) is 9.80 Å². The number of methoxy groups -OCH3 is 1. The van der Waals surface area contributed by atoms with Gasteiger partial charge in [-0.1, -0.05) is 26.7 Å². The zero-order chi connectivity index (χ0) is 17.0. The Bertz CT molecular complexity index is 293. The number of likely N-dealkylation sites (N-methyl/N-ethyl adjacent to an activating group) is 2. The quantitative estimate of drug-likeness (QED) is 0.765. The van der Waals surface area contributed by atoms with Gasteiger partial charge < -0.3 is 19.6 Å². The minimum atomic E-state index is -0.806. The van der Waals surface area contributed by atoms with Crippen LogP contribution in [0.25, 0.3) is 0 Å². The van der Waals surface area contributed by atoms with Gasteiger partial charge in [-0.2, -0.15) is 0 Å². The van der Waals surface area contributed by atoms with Gasteiger partial charge in [-0.15, -0.1) is 0 Å². The van der Waals surface area contributed by atoms with Crippen molar-refractivity contribution in [1.29, 1.82) is 0 Å². The van der Waals surface area contributed by atoms with Crippen molar-refractivity contribution in [2.75, 3.05) is 35.3 Å². The Labute approximate surface area is 129 Å². The first-order chi connectivity index (χ1) is 9.72. The Balaban J connectivity index is 0. The van der Waals surface area contributed by atoms with Crippen molar-refractivity contribution >= 4 is 11.8 Å². The molecule has 0 aromatic rings. The van der Waals surface area contributed by atoms with Gasteiger partial charge in [-0.3, -0.25) is 9.59 Å². The Morgan fingerprint density at radius 1 is 0.952 bits per heavy atom. The number of ether oxygens (including phenoxy) is 1. The molecule has 0 aromatic heterocycles. The number of aliphatic hydroxyl groups is 1. The summed E-state index contributed by atoms with van der Waals surface area (Å²) < 4.78 is 5.02. The van der Waals surface area contributed by atoms with Crippen molar-refractivity contribution in [3.05, 3.63) is 0 Å². The van der Waals surface area contributed by atoms with Gasteiger partial charge in [0.25, 0.3) is 11.8 Å². The normalized spacial score (nSPS) is 12.8. The van der Waals surface area contributed by atoms with E-state index in [0.717, 1.165) is 19.3 Å². The van der Waals surface area contributed by atoms with Gasteiger partial charge in [0, 0.05) is 35.3 Å². The van der Waals surface area contributed by atoms with Crippen LogP contribution in [0.3, 0.4) is 0 Å². The van der Waals surface area contributed by atoms with Crippen LogP contribution in [0, 0.1) is 0 Å². The van der Waals surface area contributed by atoms with E-state index in [9.17, 15) is 9.59 Å². The van der Waals surface area contributed by atoms with Crippen LogP contribution >= 0.6 is 0 Å². The Morgan fingerprint density at radius 3 is 1.67 bits per heavy atom. The number of hydrogen-bond donors (Lipinski definition) is 1. The third kappa shape index (κ3) is 10.3. The van der Waals surface area contributed by atoms with E-state index >= 15 is 0 Å². The lowest BCUT2D eigenvalue weighted by Gasteiger charge is -2.18. The van der Waals surface area contributed by atoms with Crippen LogP contribution in [0.2, 0.25) is 0 Å². The summed E-state index contributed by atoms with van der Waals surface area (Å²) in [4.78, 5) is 25.1. The van der Waals surface area contributed by atoms with Crippen LogP contribution in [0.1, 0.15) is 39.5 Å². The maximum Gasteiger partial charge on any atom is 0.251 e. The molecule has 0 aromatic carbocycles. The minimum Gasteiger partial charge on any atom is -0.383 e. The molecular weight excluding hydrogens is 272 g/mol.